The first-order chi connectivity index (χ1) is 10.5. The first-order valence-electron chi connectivity index (χ1n) is 6.85. The Morgan fingerprint density at radius 2 is 1.91 bits per heavy atom. The van der Waals surface area contributed by atoms with Gasteiger partial charge in [-0.15, -0.1) is 11.8 Å². The van der Waals surface area contributed by atoms with Crippen molar-refractivity contribution in [3.05, 3.63) is 70.5 Å². The molecule has 0 heterocycles. The van der Waals surface area contributed by atoms with Crippen molar-refractivity contribution >= 4 is 29.3 Å². The summed E-state index contributed by atoms with van der Waals surface area (Å²) < 4.78 is 13.1. The van der Waals surface area contributed by atoms with Crippen molar-refractivity contribution in [2.24, 2.45) is 0 Å². The minimum Gasteiger partial charge on any atom is -0.341 e. The lowest BCUT2D eigenvalue weighted by molar-refractivity contribution is -0.127. The number of nitrogens with zero attached hydrogens (tertiary/aromatic N) is 1. The SMILES string of the molecule is CN(Cc1cccc(F)c1)C(=O)CSCc1ccc(Cl)cc1. The van der Waals surface area contributed by atoms with Crippen LogP contribution in [0.1, 0.15) is 11.1 Å². The lowest BCUT2D eigenvalue weighted by atomic mass is 10.2. The topological polar surface area (TPSA) is 20.3 Å². The van der Waals surface area contributed by atoms with Crippen LogP contribution in [0.5, 0.6) is 0 Å². The molecule has 2 aromatic rings. The third-order valence-corrected chi connectivity index (χ3v) is 4.38. The molecule has 0 fully saturated rings. The van der Waals surface area contributed by atoms with E-state index >= 15 is 0 Å². The molecule has 2 aromatic carbocycles. The summed E-state index contributed by atoms with van der Waals surface area (Å²) in [6, 6.07) is 13.9. The summed E-state index contributed by atoms with van der Waals surface area (Å²) >= 11 is 7.39. The lowest BCUT2D eigenvalue weighted by Gasteiger charge is -2.17. The van der Waals surface area contributed by atoms with Crippen molar-refractivity contribution in [1.29, 1.82) is 0 Å². The summed E-state index contributed by atoms with van der Waals surface area (Å²) in [5.41, 5.74) is 1.92. The molecule has 0 aliphatic rings. The van der Waals surface area contributed by atoms with E-state index in [0.29, 0.717) is 17.3 Å². The monoisotopic (exact) mass is 337 g/mol. The number of amides is 1. The van der Waals surface area contributed by atoms with Crippen LogP contribution in [-0.4, -0.2) is 23.6 Å². The van der Waals surface area contributed by atoms with Gasteiger partial charge in [0.05, 0.1) is 5.75 Å². The van der Waals surface area contributed by atoms with Gasteiger partial charge in [-0.25, -0.2) is 4.39 Å². The number of halogens is 2. The summed E-state index contributed by atoms with van der Waals surface area (Å²) in [5, 5.41) is 0.708. The van der Waals surface area contributed by atoms with Gasteiger partial charge < -0.3 is 4.90 Å². The molecule has 1 amide bonds. The molecule has 0 radical (unpaired) electrons. The maximum Gasteiger partial charge on any atom is 0.232 e. The van der Waals surface area contributed by atoms with Crippen LogP contribution in [0.15, 0.2) is 48.5 Å². The normalized spacial score (nSPS) is 10.5. The molecule has 0 aromatic heterocycles. The maximum atomic E-state index is 13.1. The van der Waals surface area contributed by atoms with Gasteiger partial charge in [-0.05, 0) is 35.4 Å². The molecule has 0 saturated carbocycles. The average molecular weight is 338 g/mol. The van der Waals surface area contributed by atoms with Crippen molar-refractivity contribution in [2.45, 2.75) is 12.3 Å². The van der Waals surface area contributed by atoms with Crippen molar-refractivity contribution in [3.8, 4) is 0 Å². The zero-order valence-corrected chi connectivity index (χ0v) is 13.8. The third-order valence-electron chi connectivity index (χ3n) is 3.14. The van der Waals surface area contributed by atoms with Gasteiger partial charge in [-0.2, -0.15) is 0 Å². The summed E-state index contributed by atoms with van der Waals surface area (Å²) in [6.07, 6.45) is 0. The minimum atomic E-state index is -0.282. The van der Waals surface area contributed by atoms with Crippen molar-refractivity contribution < 1.29 is 9.18 Å². The second-order valence-corrected chi connectivity index (χ2v) is 6.42. The van der Waals surface area contributed by atoms with Crippen LogP contribution >= 0.6 is 23.4 Å². The number of benzene rings is 2. The molecule has 116 valence electrons. The van der Waals surface area contributed by atoms with Gasteiger partial charge in [0.2, 0.25) is 5.91 Å². The molecule has 2 nitrogen and oxygen atoms in total. The van der Waals surface area contributed by atoms with Crippen LogP contribution in [0.2, 0.25) is 5.02 Å². The van der Waals surface area contributed by atoms with Crippen LogP contribution in [-0.2, 0) is 17.1 Å². The predicted octanol–water partition coefficient (Wildman–Crippen LogP) is 4.37. The Morgan fingerprint density at radius 1 is 1.18 bits per heavy atom. The van der Waals surface area contributed by atoms with Crippen molar-refractivity contribution in [3.63, 3.8) is 0 Å². The fourth-order valence-corrected chi connectivity index (χ4v) is 3.00. The summed E-state index contributed by atoms with van der Waals surface area (Å²) in [6.45, 7) is 0.415. The second kappa shape index (κ2) is 8.20. The van der Waals surface area contributed by atoms with Gasteiger partial charge in [-0.3, -0.25) is 4.79 Å². The third kappa shape index (κ3) is 5.35. The second-order valence-electron chi connectivity index (χ2n) is 5.00. The zero-order valence-electron chi connectivity index (χ0n) is 12.3. The number of thioether (sulfide) groups is 1. The predicted molar refractivity (Wildman–Crippen MR) is 90.5 cm³/mol. The quantitative estimate of drug-likeness (QED) is 0.780. The van der Waals surface area contributed by atoms with Gasteiger partial charge in [0.1, 0.15) is 5.82 Å². The summed E-state index contributed by atoms with van der Waals surface area (Å²) in [4.78, 5) is 13.7. The molecule has 2 rings (SSSR count). The van der Waals surface area contributed by atoms with Gasteiger partial charge >= 0.3 is 0 Å². The average Bonchev–Trinajstić information content (AvgIpc) is 2.49. The van der Waals surface area contributed by atoms with Crippen LogP contribution < -0.4 is 0 Å². The minimum absolute atomic E-state index is 0.0308. The lowest BCUT2D eigenvalue weighted by Crippen LogP contribution is -2.27. The fourth-order valence-electron chi connectivity index (χ4n) is 1.94. The highest BCUT2D eigenvalue weighted by molar-refractivity contribution is 7.99. The Balaban J connectivity index is 1.77. The molecule has 0 spiro atoms. The molecule has 0 saturated heterocycles. The van der Waals surface area contributed by atoms with E-state index in [-0.39, 0.29) is 11.7 Å². The first-order valence-corrected chi connectivity index (χ1v) is 8.38. The largest absolute Gasteiger partial charge is 0.341 e. The van der Waals surface area contributed by atoms with Crippen LogP contribution in [0.4, 0.5) is 4.39 Å². The highest BCUT2D eigenvalue weighted by atomic mass is 35.5. The molecule has 0 aliphatic heterocycles. The van der Waals surface area contributed by atoms with E-state index in [9.17, 15) is 9.18 Å². The van der Waals surface area contributed by atoms with E-state index in [1.165, 1.54) is 12.1 Å². The fraction of sp³-hybridized carbons (Fsp3) is 0.235. The highest BCUT2D eigenvalue weighted by Gasteiger charge is 2.09. The Kier molecular flexibility index (Phi) is 6.28. The maximum absolute atomic E-state index is 13.1. The number of hydrogen-bond acceptors (Lipinski definition) is 2. The van der Waals surface area contributed by atoms with E-state index in [4.69, 9.17) is 11.6 Å². The van der Waals surface area contributed by atoms with E-state index in [2.05, 4.69) is 0 Å². The van der Waals surface area contributed by atoms with Gasteiger partial charge in [0, 0.05) is 24.4 Å². The van der Waals surface area contributed by atoms with E-state index in [1.54, 1.807) is 29.8 Å². The van der Waals surface area contributed by atoms with Gasteiger partial charge in [0.25, 0.3) is 0 Å². The number of carbonyl (C=O) groups excluding carboxylic acids is 1. The molecular weight excluding hydrogens is 321 g/mol. The number of hydrogen-bond donors (Lipinski definition) is 0. The van der Waals surface area contributed by atoms with E-state index in [1.807, 2.05) is 30.3 Å². The highest BCUT2D eigenvalue weighted by Crippen LogP contribution is 2.16. The molecule has 0 aliphatic carbocycles. The number of rotatable bonds is 6. The van der Waals surface area contributed by atoms with Crippen LogP contribution in [0.3, 0.4) is 0 Å². The van der Waals surface area contributed by atoms with Gasteiger partial charge in [-0.1, -0.05) is 35.9 Å². The number of carbonyl (C=O) groups is 1. The molecule has 5 heteroatoms. The molecular formula is C17H17ClFNOS. The standard InChI is InChI=1S/C17H17ClFNOS/c1-20(10-14-3-2-4-16(19)9-14)17(21)12-22-11-13-5-7-15(18)8-6-13/h2-9H,10-12H2,1H3. The molecule has 0 N–H and O–H groups in total. The summed E-state index contributed by atoms with van der Waals surface area (Å²) in [7, 11) is 1.73. The summed E-state index contributed by atoms with van der Waals surface area (Å²) in [5.74, 6) is 0.907. The Labute approximate surface area is 139 Å². The van der Waals surface area contributed by atoms with Crippen LogP contribution in [0.25, 0.3) is 0 Å². The Morgan fingerprint density at radius 3 is 2.59 bits per heavy atom. The Bertz CT molecular complexity index is 633. The van der Waals surface area contributed by atoms with Crippen LogP contribution in [0, 0.1) is 5.82 Å². The first kappa shape index (κ1) is 16.8. The van der Waals surface area contributed by atoms with E-state index in [0.717, 1.165) is 16.9 Å². The molecule has 22 heavy (non-hydrogen) atoms. The Hall–Kier alpha value is -1.52. The smallest absolute Gasteiger partial charge is 0.232 e. The van der Waals surface area contributed by atoms with Crippen molar-refractivity contribution in [2.75, 3.05) is 12.8 Å². The van der Waals surface area contributed by atoms with Gasteiger partial charge in [0.15, 0.2) is 0 Å². The molecule has 0 atom stereocenters. The zero-order chi connectivity index (χ0) is 15.9. The van der Waals surface area contributed by atoms with Crippen molar-refractivity contribution in [1.82, 2.24) is 4.90 Å². The van der Waals surface area contributed by atoms with E-state index < -0.39 is 0 Å². The molecule has 0 unspecified atom stereocenters. The molecule has 0 bridgehead atoms.